The van der Waals surface area contributed by atoms with Gasteiger partial charge in [0.05, 0.1) is 21.3 Å². The second-order valence-corrected chi connectivity index (χ2v) is 12.3. The molecule has 0 bridgehead atoms. The third-order valence-corrected chi connectivity index (χ3v) is 9.84. The summed E-state index contributed by atoms with van der Waals surface area (Å²) in [5.74, 6) is -0.898. The maximum absolute atomic E-state index is 13.1. The van der Waals surface area contributed by atoms with E-state index >= 15 is 0 Å². The van der Waals surface area contributed by atoms with Gasteiger partial charge in [0.15, 0.2) is 0 Å². The first-order valence-corrected chi connectivity index (χ1v) is 14.5. The topological polar surface area (TPSA) is 105 Å². The molecule has 2 heterocycles. The molecular formula is C25H26BrN3O5S2. The van der Waals surface area contributed by atoms with Crippen molar-refractivity contribution in [3.05, 3.63) is 68.3 Å². The lowest BCUT2D eigenvalue weighted by Gasteiger charge is -2.28. The van der Waals surface area contributed by atoms with Gasteiger partial charge in [0.2, 0.25) is 0 Å². The predicted octanol–water partition coefficient (Wildman–Crippen LogP) is 5.65. The van der Waals surface area contributed by atoms with Gasteiger partial charge in [-0.15, -0.1) is 11.3 Å². The van der Waals surface area contributed by atoms with Gasteiger partial charge in [-0.05, 0) is 96.2 Å². The zero-order chi connectivity index (χ0) is 25.9. The average molecular weight is 593 g/mol. The van der Waals surface area contributed by atoms with Gasteiger partial charge in [-0.2, -0.15) is 0 Å². The van der Waals surface area contributed by atoms with E-state index in [0.717, 1.165) is 30.1 Å². The molecule has 1 saturated heterocycles. The van der Waals surface area contributed by atoms with E-state index in [1.165, 1.54) is 50.6 Å². The van der Waals surface area contributed by atoms with Crippen molar-refractivity contribution in [1.29, 1.82) is 0 Å². The summed E-state index contributed by atoms with van der Waals surface area (Å²) in [4.78, 5) is 27.2. The molecule has 1 aromatic heterocycles. The van der Waals surface area contributed by atoms with Crippen LogP contribution < -0.4 is 14.9 Å². The monoisotopic (exact) mass is 591 g/mol. The summed E-state index contributed by atoms with van der Waals surface area (Å²) < 4.78 is 33.8. The number of halogens is 1. The number of rotatable bonds is 7. The number of carbonyl (C=O) groups is 2. The first-order chi connectivity index (χ1) is 17.2. The van der Waals surface area contributed by atoms with Gasteiger partial charge in [-0.1, -0.05) is 0 Å². The van der Waals surface area contributed by atoms with Crippen molar-refractivity contribution in [2.45, 2.75) is 31.1 Å². The molecule has 0 atom stereocenters. The number of sulfonamides is 1. The van der Waals surface area contributed by atoms with Crippen LogP contribution in [0.15, 0.2) is 57.2 Å². The Morgan fingerprint density at radius 2 is 1.58 bits per heavy atom. The molecule has 0 aliphatic carbocycles. The number of ether oxygens (including phenoxy) is 1. The Morgan fingerprint density at radius 3 is 2.19 bits per heavy atom. The van der Waals surface area contributed by atoms with Crippen molar-refractivity contribution in [2.75, 3.05) is 35.1 Å². The molecule has 36 heavy (non-hydrogen) atoms. The van der Waals surface area contributed by atoms with E-state index in [4.69, 9.17) is 0 Å². The van der Waals surface area contributed by atoms with E-state index < -0.39 is 16.0 Å². The highest BCUT2D eigenvalue weighted by Gasteiger charge is 2.28. The van der Waals surface area contributed by atoms with Gasteiger partial charge < -0.3 is 15.0 Å². The van der Waals surface area contributed by atoms with Crippen LogP contribution in [0.1, 0.15) is 44.9 Å². The normalized spacial score (nSPS) is 13.8. The Kier molecular flexibility index (Phi) is 8.01. The van der Waals surface area contributed by atoms with Gasteiger partial charge in [-0.25, -0.2) is 13.2 Å². The highest BCUT2D eigenvalue weighted by atomic mass is 79.9. The number of methoxy groups -OCH3 is 1. The zero-order valence-electron chi connectivity index (χ0n) is 19.8. The molecular weight excluding hydrogens is 566 g/mol. The fraction of sp³-hybridized carbons (Fsp3) is 0.280. The molecule has 0 unspecified atom stereocenters. The molecule has 8 nitrogen and oxygen atoms in total. The number of anilines is 3. The molecule has 3 aromatic rings. The largest absolute Gasteiger partial charge is 0.465 e. The van der Waals surface area contributed by atoms with E-state index in [1.54, 1.807) is 6.92 Å². The zero-order valence-corrected chi connectivity index (χ0v) is 23.1. The molecule has 1 aliphatic heterocycles. The molecule has 2 aromatic carbocycles. The highest BCUT2D eigenvalue weighted by Crippen LogP contribution is 2.37. The molecule has 190 valence electrons. The van der Waals surface area contributed by atoms with E-state index in [1.807, 2.05) is 24.3 Å². The van der Waals surface area contributed by atoms with Crippen molar-refractivity contribution in [3.8, 4) is 0 Å². The summed E-state index contributed by atoms with van der Waals surface area (Å²) >= 11 is 4.37. The lowest BCUT2D eigenvalue weighted by molar-refractivity contribution is 0.0600. The van der Waals surface area contributed by atoms with E-state index in [9.17, 15) is 18.0 Å². The average Bonchev–Trinajstić information content (AvgIpc) is 3.19. The van der Waals surface area contributed by atoms with Crippen LogP contribution in [0.3, 0.4) is 0 Å². The van der Waals surface area contributed by atoms with E-state index in [0.29, 0.717) is 25.5 Å². The first kappa shape index (κ1) is 26.2. The maximum atomic E-state index is 13.1. The van der Waals surface area contributed by atoms with Crippen molar-refractivity contribution in [1.82, 2.24) is 0 Å². The lowest BCUT2D eigenvalue weighted by Crippen LogP contribution is -2.29. The fourth-order valence-corrected chi connectivity index (χ4v) is 8.11. The van der Waals surface area contributed by atoms with Gasteiger partial charge in [-0.3, -0.25) is 9.52 Å². The molecule has 4 rings (SSSR count). The minimum Gasteiger partial charge on any atom is -0.465 e. The van der Waals surface area contributed by atoms with Crippen LogP contribution in [-0.4, -0.2) is 40.5 Å². The van der Waals surface area contributed by atoms with Crippen LogP contribution in [-0.2, 0) is 14.8 Å². The summed E-state index contributed by atoms with van der Waals surface area (Å²) in [5.41, 5.74) is 2.68. The number of hydrogen-bond acceptors (Lipinski definition) is 7. The number of nitrogens with one attached hydrogen (secondary N) is 2. The van der Waals surface area contributed by atoms with E-state index in [-0.39, 0.29) is 16.5 Å². The maximum Gasteiger partial charge on any atom is 0.337 e. The third-order valence-electron chi connectivity index (χ3n) is 5.93. The number of benzene rings is 2. The molecule has 0 saturated carbocycles. The molecule has 1 aliphatic rings. The van der Waals surface area contributed by atoms with Crippen molar-refractivity contribution in [2.24, 2.45) is 0 Å². The summed E-state index contributed by atoms with van der Waals surface area (Å²) in [6.45, 7) is 3.67. The number of amides is 1. The summed E-state index contributed by atoms with van der Waals surface area (Å²) in [6, 6.07) is 13.6. The Labute approximate surface area is 222 Å². The number of thiophene rings is 1. The van der Waals surface area contributed by atoms with Crippen LogP contribution in [0.5, 0.6) is 0 Å². The minimum absolute atomic E-state index is 0.00450. The predicted molar refractivity (Wildman–Crippen MR) is 146 cm³/mol. The third kappa shape index (κ3) is 5.74. The lowest BCUT2D eigenvalue weighted by atomic mass is 10.1. The minimum atomic E-state index is -4.01. The van der Waals surface area contributed by atoms with Crippen molar-refractivity contribution in [3.63, 3.8) is 0 Å². The molecule has 0 radical (unpaired) electrons. The number of nitrogens with zero attached hydrogens (tertiary/aromatic N) is 1. The smallest absolute Gasteiger partial charge is 0.337 e. The Hall–Kier alpha value is -2.89. The van der Waals surface area contributed by atoms with Crippen LogP contribution >= 0.6 is 27.3 Å². The van der Waals surface area contributed by atoms with Gasteiger partial charge in [0, 0.05) is 30.2 Å². The van der Waals surface area contributed by atoms with Gasteiger partial charge >= 0.3 is 5.97 Å². The van der Waals surface area contributed by atoms with Crippen LogP contribution in [0.4, 0.5) is 17.1 Å². The first-order valence-electron chi connectivity index (χ1n) is 11.4. The van der Waals surface area contributed by atoms with Gasteiger partial charge in [0.1, 0.15) is 4.90 Å². The molecule has 0 spiro atoms. The fourth-order valence-electron chi connectivity index (χ4n) is 4.08. The molecule has 1 amide bonds. The molecule has 11 heteroatoms. The van der Waals surface area contributed by atoms with Crippen molar-refractivity contribution < 1.29 is 22.7 Å². The van der Waals surface area contributed by atoms with Crippen molar-refractivity contribution >= 4 is 66.2 Å². The van der Waals surface area contributed by atoms with Crippen LogP contribution in [0.2, 0.25) is 0 Å². The summed E-state index contributed by atoms with van der Waals surface area (Å²) in [5, 5.41) is 2.87. The van der Waals surface area contributed by atoms with E-state index in [2.05, 4.69) is 35.6 Å². The highest BCUT2D eigenvalue weighted by molar-refractivity contribution is 9.11. The molecule has 2 N–H and O–H groups in total. The Morgan fingerprint density at radius 1 is 0.972 bits per heavy atom. The van der Waals surface area contributed by atoms with Crippen LogP contribution in [0.25, 0.3) is 0 Å². The second kappa shape index (κ2) is 11.0. The van der Waals surface area contributed by atoms with Gasteiger partial charge in [0.25, 0.3) is 15.9 Å². The number of piperidine rings is 1. The molecule has 1 fully saturated rings. The number of carbonyl (C=O) groups excluding carboxylic acids is 2. The standard InChI is InChI=1S/C25H26BrN3O5S2/c1-16-21(24(30)27-18-10-12-20(13-11-18)29-14-4-3-5-15-29)35-23(26)22(16)36(32,33)28-19-8-6-17(7-9-19)25(31)34-2/h6-13,28H,3-5,14-15H2,1-2H3,(H,27,30). The number of hydrogen-bond donors (Lipinski definition) is 2. The SMILES string of the molecule is COC(=O)c1ccc(NS(=O)(=O)c2c(Br)sc(C(=O)Nc3ccc(N4CCCCC4)cc3)c2C)cc1. The summed E-state index contributed by atoms with van der Waals surface area (Å²) in [7, 11) is -2.73. The summed E-state index contributed by atoms with van der Waals surface area (Å²) in [6.07, 6.45) is 3.63. The number of esters is 1. The Balaban J connectivity index is 1.49. The Bertz CT molecular complexity index is 1360. The quantitative estimate of drug-likeness (QED) is 0.344. The van der Waals surface area contributed by atoms with Crippen LogP contribution in [0, 0.1) is 6.92 Å². The second-order valence-electron chi connectivity index (χ2n) is 8.38.